The normalized spacial score (nSPS) is 15.6. The highest BCUT2D eigenvalue weighted by atomic mass is 16.6. The number of carbonyl (C=O) groups excluding carboxylic acids is 3. The predicted molar refractivity (Wildman–Crippen MR) is 175 cm³/mol. The number of ether oxygens (including phenoxy) is 3. The molecular weight excluding hydrogens is 618 g/mol. The van der Waals surface area contributed by atoms with Crippen LogP contribution in [0.5, 0.6) is 5.75 Å². The molecular formula is C37H45NO10. The molecule has 258 valence electrons. The Labute approximate surface area is 281 Å². The SMILES string of the molecule is COc1ccc([C@H](C[NH+](C)C)C2(O)CCCCC2)cc1.Cc1ccc(C(=O)O[C@H](C(=O)[O-])[C@H](OC(=O)c2ccc(C)cc2)C(=O)O)cc1. The average Bonchev–Trinajstić information content (AvgIpc) is 3.06. The van der Waals surface area contributed by atoms with Crippen LogP contribution >= 0.6 is 0 Å². The van der Waals surface area contributed by atoms with E-state index in [1.54, 1.807) is 45.2 Å². The summed E-state index contributed by atoms with van der Waals surface area (Å²) in [6.45, 7) is 4.53. The molecule has 0 amide bonds. The first-order valence-corrected chi connectivity index (χ1v) is 15.9. The monoisotopic (exact) mass is 663 g/mol. The van der Waals surface area contributed by atoms with E-state index in [2.05, 4.69) is 26.2 Å². The van der Waals surface area contributed by atoms with Crippen LogP contribution in [-0.4, -0.2) is 79.6 Å². The molecule has 0 saturated heterocycles. The molecule has 0 heterocycles. The van der Waals surface area contributed by atoms with E-state index in [4.69, 9.17) is 14.2 Å². The summed E-state index contributed by atoms with van der Waals surface area (Å²) >= 11 is 0. The molecule has 0 aromatic heterocycles. The van der Waals surface area contributed by atoms with Gasteiger partial charge in [-0.1, -0.05) is 66.8 Å². The van der Waals surface area contributed by atoms with Crippen molar-refractivity contribution in [3.05, 3.63) is 101 Å². The van der Waals surface area contributed by atoms with Crippen molar-refractivity contribution < 1.29 is 53.6 Å². The maximum absolute atomic E-state index is 12.2. The van der Waals surface area contributed by atoms with Crippen molar-refractivity contribution in [2.45, 2.75) is 69.7 Å². The summed E-state index contributed by atoms with van der Waals surface area (Å²) in [6, 6.07) is 20.2. The molecule has 1 aliphatic rings. The third-order valence-corrected chi connectivity index (χ3v) is 8.29. The van der Waals surface area contributed by atoms with Gasteiger partial charge in [-0.05, 0) is 68.7 Å². The molecule has 4 rings (SSSR count). The van der Waals surface area contributed by atoms with Gasteiger partial charge in [-0.2, -0.15) is 0 Å². The highest BCUT2D eigenvalue weighted by Crippen LogP contribution is 2.39. The number of likely N-dealkylation sites (N-methyl/N-ethyl adjacent to an activating group) is 1. The number of aliphatic hydroxyl groups is 1. The molecule has 0 bridgehead atoms. The van der Waals surface area contributed by atoms with E-state index in [1.165, 1.54) is 41.1 Å². The number of methoxy groups -OCH3 is 1. The molecule has 1 aliphatic carbocycles. The Kier molecular flexibility index (Phi) is 13.7. The quantitative estimate of drug-likeness (QED) is 0.245. The average molecular weight is 664 g/mol. The standard InChI is InChI=1S/C20H18O8.C17H27NO2/c1-11-3-7-13(8-4-11)19(25)27-15(17(21)22)16(18(23)24)28-20(26)14-9-5-12(2)6-10-14;1-18(2)13-16(17(19)11-5-4-6-12-17)14-7-9-15(20-3)10-8-14/h3-10,15-16H,1-2H3,(H,21,22)(H,23,24);7-10,16,19H,4-6,11-13H2,1-3H3/t15-,16-;16-/m00/s1. The molecule has 11 nitrogen and oxygen atoms in total. The highest BCUT2D eigenvalue weighted by Gasteiger charge is 2.40. The Morgan fingerprint density at radius 3 is 1.62 bits per heavy atom. The van der Waals surface area contributed by atoms with Crippen molar-refractivity contribution in [2.75, 3.05) is 27.7 Å². The Morgan fingerprint density at radius 1 is 0.771 bits per heavy atom. The van der Waals surface area contributed by atoms with Crippen LogP contribution < -0.4 is 14.7 Å². The molecule has 0 aliphatic heterocycles. The number of aryl methyl sites for hydroxylation is 2. The molecule has 3 atom stereocenters. The Hall–Kier alpha value is -4.74. The zero-order valence-electron chi connectivity index (χ0n) is 28.1. The summed E-state index contributed by atoms with van der Waals surface area (Å²) in [5, 5.41) is 31.8. The maximum atomic E-state index is 12.2. The fourth-order valence-electron chi connectivity index (χ4n) is 5.60. The van der Waals surface area contributed by atoms with Crippen molar-refractivity contribution in [2.24, 2.45) is 0 Å². The number of carbonyl (C=O) groups is 4. The van der Waals surface area contributed by atoms with E-state index < -0.39 is 41.7 Å². The number of hydrogen-bond donors (Lipinski definition) is 3. The number of carboxylic acid groups (broad SMARTS) is 2. The zero-order valence-corrected chi connectivity index (χ0v) is 28.1. The minimum absolute atomic E-state index is 0.00542. The van der Waals surface area contributed by atoms with Gasteiger partial charge in [-0.15, -0.1) is 0 Å². The summed E-state index contributed by atoms with van der Waals surface area (Å²) in [7, 11) is 6.00. The summed E-state index contributed by atoms with van der Waals surface area (Å²) in [5.74, 6) is -4.90. The number of rotatable bonds is 12. The van der Waals surface area contributed by atoms with Crippen LogP contribution in [0.3, 0.4) is 0 Å². The first-order chi connectivity index (χ1) is 22.7. The van der Waals surface area contributed by atoms with Gasteiger partial charge in [0.1, 0.15) is 5.75 Å². The first kappa shape index (κ1) is 37.7. The van der Waals surface area contributed by atoms with E-state index in [9.17, 15) is 34.5 Å². The fraction of sp³-hybridized carbons (Fsp3) is 0.405. The Balaban J connectivity index is 0.000000275. The smallest absolute Gasteiger partial charge is 0.349 e. The van der Waals surface area contributed by atoms with Gasteiger partial charge in [0.25, 0.3) is 0 Å². The van der Waals surface area contributed by atoms with E-state index in [0.29, 0.717) is 0 Å². The maximum Gasteiger partial charge on any atom is 0.349 e. The summed E-state index contributed by atoms with van der Waals surface area (Å²) in [4.78, 5) is 48.5. The van der Waals surface area contributed by atoms with Gasteiger partial charge in [-0.3, -0.25) is 0 Å². The lowest BCUT2D eigenvalue weighted by atomic mass is 9.72. The van der Waals surface area contributed by atoms with Gasteiger partial charge in [0, 0.05) is 0 Å². The summed E-state index contributed by atoms with van der Waals surface area (Å²) < 4.78 is 14.8. The minimum Gasteiger partial charge on any atom is -0.546 e. The van der Waals surface area contributed by atoms with Gasteiger partial charge < -0.3 is 39.2 Å². The molecule has 48 heavy (non-hydrogen) atoms. The summed E-state index contributed by atoms with van der Waals surface area (Å²) in [5.41, 5.74) is 2.42. The van der Waals surface area contributed by atoms with Crippen LogP contribution in [0, 0.1) is 13.8 Å². The van der Waals surface area contributed by atoms with Gasteiger partial charge in [-0.25, -0.2) is 14.4 Å². The lowest BCUT2D eigenvalue weighted by molar-refractivity contribution is -0.860. The van der Waals surface area contributed by atoms with E-state index in [1.807, 2.05) is 12.1 Å². The molecule has 11 heteroatoms. The Morgan fingerprint density at radius 2 is 1.23 bits per heavy atom. The van der Waals surface area contributed by atoms with Crippen LogP contribution in [0.15, 0.2) is 72.8 Å². The molecule has 3 N–H and O–H groups in total. The molecule has 1 fully saturated rings. The number of esters is 2. The third kappa shape index (κ3) is 10.6. The summed E-state index contributed by atoms with van der Waals surface area (Å²) in [6.07, 6.45) is 0.784. The van der Waals surface area contributed by atoms with Gasteiger partial charge in [0.2, 0.25) is 6.10 Å². The molecule has 0 radical (unpaired) electrons. The molecule has 3 aromatic carbocycles. The predicted octanol–water partition coefficient (Wildman–Crippen LogP) is 2.51. The second-order valence-corrected chi connectivity index (χ2v) is 12.4. The van der Waals surface area contributed by atoms with Crippen molar-refractivity contribution >= 4 is 23.9 Å². The van der Waals surface area contributed by atoms with Crippen LogP contribution in [0.1, 0.15) is 75.4 Å². The van der Waals surface area contributed by atoms with Crippen molar-refractivity contribution in [1.29, 1.82) is 0 Å². The fourth-order valence-corrected chi connectivity index (χ4v) is 5.60. The molecule has 1 saturated carbocycles. The van der Waals surface area contributed by atoms with Crippen molar-refractivity contribution in [3.63, 3.8) is 0 Å². The molecule has 0 spiro atoms. The van der Waals surface area contributed by atoms with Crippen LogP contribution in [-0.2, 0) is 19.1 Å². The second kappa shape index (κ2) is 17.4. The number of nitrogens with one attached hydrogen (secondary N) is 1. The van der Waals surface area contributed by atoms with Crippen LogP contribution in [0.25, 0.3) is 0 Å². The van der Waals surface area contributed by atoms with Gasteiger partial charge in [0.05, 0.1) is 56.4 Å². The zero-order chi connectivity index (χ0) is 35.4. The number of benzene rings is 3. The lowest BCUT2D eigenvalue weighted by Crippen LogP contribution is -3.06. The second-order valence-electron chi connectivity index (χ2n) is 12.4. The number of carboxylic acids is 2. The highest BCUT2D eigenvalue weighted by molar-refractivity contribution is 5.95. The van der Waals surface area contributed by atoms with Crippen molar-refractivity contribution in [3.8, 4) is 5.75 Å². The number of aliphatic carboxylic acids is 2. The first-order valence-electron chi connectivity index (χ1n) is 15.9. The van der Waals surface area contributed by atoms with E-state index >= 15 is 0 Å². The minimum atomic E-state index is -2.33. The lowest BCUT2D eigenvalue weighted by Gasteiger charge is -2.39. The van der Waals surface area contributed by atoms with Crippen LogP contribution in [0.2, 0.25) is 0 Å². The van der Waals surface area contributed by atoms with Crippen molar-refractivity contribution in [1.82, 2.24) is 0 Å². The number of hydrogen-bond acceptors (Lipinski definition) is 9. The largest absolute Gasteiger partial charge is 0.546 e. The third-order valence-electron chi connectivity index (χ3n) is 8.29. The number of quaternary nitrogens is 1. The Bertz CT molecular complexity index is 1440. The molecule has 0 unspecified atom stereocenters. The van der Waals surface area contributed by atoms with Gasteiger partial charge >= 0.3 is 17.9 Å². The van der Waals surface area contributed by atoms with Crippen LogP contribution in [0.4, 0.5) is 0 Å². The van der Waals surface area contributed by atoms with E-state index in [0.717, 1.165) is 49.1 Å². The van der Waals surface area contributed by atoms with Gasteiger partial charge in [0.15, 0.2) is 6.10 Å². The van der Waals surface area contributed by atoms with E-state index in [-0.39, 0.29) is 17.0 Å². The molecule has 3 aromatic rings. The topological polar surface area (TPSA) is 164 Å².